The summed E-state index contributed by atoms with van der Waals surface area (Å²) in [5.41, 5.74) is -1.11. The van der Waals surface area contributed by atoms with Crippen molar-refractivity contribution in [2.75, 3.05) is 0 Å². The molecule has 1 aliphatic rings. The second-order valence-electron chi connectivity index (χ2n) is 6.29. The van der Waals surface area contributed by atoms with Gasteiger partial charge in [0.25, 0.3) is 0 Å². The van der Waals surface area contributed by atoms with Crippen LogP contribution in [-0.2, 0) is 0 Å². The van der Waals surface area contributed by atoms with Crippen molar-refractivity contribution in [2.45, 2.75) is 65.4 Å². The van der Waals surface area contributed by atoms with Gasteiger partial charge in [0.05, 0.1) is 17.1 Å². The third kappa shape index (κ3) is 2.52. The van der Waals surface area contributed by atoms with E-state index in [4.69, 9.17) is 5.26 Å². The molecule has 0 heterocycles. The van der Waals surface area contributed by atoms with E-state index in [0.717, 1.165) is 32.1 Å². The first-order valence-corrected chi connectivity index (χ1v) is 5.86. The Morgan fingerprint density at radius 1 is 1.13 bits per heavy atom. The molecular formula is C13H23NO. The molecule has 2 heteroatoms. The molecule has 1 saturated carbocycles. The smallest absolute Gasteiger partial charge is 0.0828 e. The Balaban J connectivity index is 2.85. The van der Waals surface area contributed by atoms with Crippen LogP contribution in [0.3, 0.4) is 0 Å². The van der Waals surface area contributed by atoms with Gasteiger partial charge < -0.3 is 5.11 Å². The van der Waals surface area contributed by atoms with Gasteiger partial charge in [0, 0.05) is 0 Å². The molecule has 2 nitrogen and oxygen atoms in total. The highest BCUT2D eigenvalue weighted by Crippen LogP contribution is 2.45. The van der Waals surface area contributed by atoms with Crippen molar-refractivity contribution in [1.82, 2.24) is 0 Å². The minimum absolute atomic E-state index is 0.315. The van der Waals surface area contributed by atoms with Gasteiger partial charge in [0.2, 0.25) is 0 Å². The fourth-order valence-corrected chi connectivity index (χ4v) is 2.38. The highest BCUT2D eigenvalue weighted by molar-refractivity contribution is 5.07. The topological polar surface area (TPSA) is 44.0 Å². The number of nitriles is 1. The summed E-state index contributed by atoms with van der Waals surface area (Å²) in [5, 5.41) is 19.7. The molecule has 1 rings (SSSR count). The predicted molar refractivity (Wildman–Crippen MR) is 61.2 cm³/mol. The van der Waals surface area contributed by atoms with Gasteiger partial charge in [-0.25, -0.2) is 0 Å². The molecule has 1 N–H and O–H groups in total. The molecule has 0 aromatic rings. The van der Waals surface area contributed by atoms with Crippen LogP contribution in [0.1, 0.15) is 59.8 Å². The van der Waals surface area contributed by atoms with Crippen LogP contribution < -0.4 is 0 Å². The lowest BCUT2D eigenvalue weighted by Crippen LogP contribution is -2.43. The summed E-state index contributed by atoms with van der Waals surface area (Å²) in [6, 6.07) is 2.26. The fourth-order valence-electron chi connectivity index (χ4n) is 2.38. The SMILES string of the molecule is CC1(C)CCCC(O)(C(C)(C)C#N)CC1. The van der Waals surface area contributed by atoms with E-state index in [9.17, 15) is 5.11 Å². The zero-order valence-corrected chi connectivity index (χ0v) is 10.4. The van der Waals surface area contributed by atoms with Crippen LogP contribution in [0.15, 0.2) is 0 Å². The lowest BCUT2D eigenvalue weighted by molar-refractivity contribution is -0.0528. The van der Waals surface area contributed by atoms with Crippen molar-refractivity contribution in [2.24, 2.45) is 10.8 Å². The average molecular weight is 209 g/mol. The van der Waals surface area contributed by atoms with Crippen molar-refractivity contribution < 1.29 is 5.11 Å². The maximum Gasteiger partial charge on any atom is 0.0828 e. The number of rotatable bonds is 1. The van der Waals surface area contributed by atoms with Crippen molar-refractivity contribution in [3.63, 3.8) is 0 Å². The molecule has 0 radical (unpaired) electrons. The van der Waals surface area contributed by atoms with Crippen LogP contribution in [0, 0.1) is 22.2 Å². The summed E-state index contributed by atoms with van der Waals surface area (Å²) >= 11 is 0. The number of aliphatic hydroxyl groups is 1. The quantitative estimate of drug-likeness (QED) is 0.674. The number of hydrogen-bond donors (Lipinski definition) is 1. The van der Waals surface area contributed by atoms with E-state index >= 15 is 0 Å². The van der Waals surface area contributed by atoms with Gasteiger partial charge in [-0.3, -0.25) is 0 Å². The molecule has 0 aliphatic heterocycles. The third-order valence-electron chi connectivity index (χ3n) is 4.10. The Kier molecular flexibility index (Phi) is 3.16. The maximum absolute atomic E-state index is 10.6. The second kappa shape index (κ2) is 3.79. The van der Waals surface area contributed by atoms with E-state index in [-0.39, 0.29) is 0 Å². The highest BCUT2D eigenvalue weighted by Gasteiger charge is 2.45. The monoisotopic (exact) mass is 209 g/mol. The Labute approximate surface area is 93.3 Å². The van der Waals surface area contributed by atoms with E-state index < -0.39 is 11.0 Å². The van der Waals surface area contributed by atoms with E-state index in [1.165, 1.54) is 0 Å². The Hall–Kier alpha value is -0.550. The maximum atomic E-state index is 10.6. The molecule has 1 fully saturated rings. The lowest BCUT2D eigenvalue weighted by Gasteiger charge is -2.37. The standard InChI is InChI=1S/C13H23NO/c1-11(2)6-5-7-13(15,9-8-11)12(3,4)10-14/h15H,5-9H2,1-4H3. The van der Waals surface area contributed by atoms with Crippen molar-refractivity contribution in [1.29, 1.82) is 5.26 Å². The summed E-state index contributed by atoms with van der Waals surface area (Å²) in [7, 11) is 0. The highest BCUT2D eigenvalue weighted by atomic mass is 16.3. The van der Waals surface area contributed by atoms with Gasteiger partial charge in [-0.15, -0.1) is 0 Å². The Morgan fingerprint density at radius 3 is 2.27 bits per heavy atom. The van der Waals surface area contributed by atoms with Crippen LogP contribution >= 0.6 is 0 Å². The zero-order valence-electron chi connectivity index (χ0n) is 10.4. The average Bonchev–Trinajstić information content (AvgIpc) is 2.27. The predicted octanol–water partition coefficient (Wildman–Crippen LogP) is 3.26. The minimum Gasteiger partial charge on any atom is -0.388 e. The van der Waals surface area contributed by atoms with E-state index in [1.54, 1.807) is 0 Å². The second-order valence-corrected chi connectivity index (χ2v) is 6.29. The number of nitrogens with zero attached hydrogens (tertiary/aromatic N) is 1. The Morgan fingerprint density at radius 2 is 1.73 bits per heavy atom. The molecular weight excluding hydrogens is 186 g/mol. The normalized spacial score (nSPS) is 31.7. The first kappa shape index (κ1) is 12.5. The molecule has 0 bridgehead atoms. The summed E-state index contributed by atoms with van der Waals surface area (Å²) < 4.78 is 0. The van der Waals surface area contributed by atoms with Gasteiger partial charge in [0.15, 0.2) is 0 Å². The molecule has 1 aliphatic carbocycles. The molecule has 0 saturated heterocycles. The molecule has 86 valence electrons. The van der Waals surface area contributed by atoms with Gasteiger partial charge >= 0.3 is 0 Å². The van der Waals surface area contributed by atoms with Crippen LogP contribution in [0.2, 0.25) is 0 Å². The summed E-state index contributed by atoms with van der Waals surface area (Å²) in [6.07, 6.45) is 4.69. The molecule has 0 spiro atoms. The minimum atomic E-state index is -0.796. The molecule has 15 heavy (non-hydrogen) atoms. The van der Waals surface area contributed by atoms with Gasteiger partial charge in [-0.2, -0.15) is 5.26 Å². The van der Waals surface area contributed by atoms with Gasteiger partial charge in [-0.1, -0.05) is 20.3 Å². The zero-order chi connectivity index (χ0) is 11.7. The first-order chi connectivity index (χ1) is 6.72. The fraction of sp³-hybridized carbons (Fsp3) is 0.923. The molecule has 0 aromatic heterocycles. The van der Waals surface area contributed by atoms with Crippen molar-refractivity contribution in [3.05, 3.63) is 0 Å². The van der Waals surface area contributed by atoms with Crippen LogP contribution in [0.5, 0.6) is 0 Å². The van der Waals surface area contributed by atoms with Crippen molar-refractivity contribution >= 4 is 0 Å². The molecule has 1 atom stereocenters. The summed E-state index contributed by atoms with van der Waals surface area (Å²) in [6.45, 7) is 8.20. The van der Waals surface area contributed by atoms with Crippen LogP contribution in [0.4, 0.5) is 0 Å². The van der Waals surface area contributed by atoms with Gasteiger partial charge in [-0.05, 0) is 44.9 Å². The van der Waals surface area contributed by atoms with Crippen molar-refractivity contribution in [3.8, 4) is 6.07 Å². The lowest BCUT2D eigenvalue weighted by atomic mass is 9.71. The molecule has 1 unspecified atom stereocenters. The van der Waals surface area contributed by atoms with E-state index in [0.29, 0.717) is 5.41 Å². The third-order valence-corrected chi connectivity index (χ3v) is 4.10. The number of hydrogen-bond acceptors (Lipinski definition) is 2. The molecule has 0 aromatic carbocycles. The first-order valence-electron chi connectivity index (χ1n) is 5.86. The Bertz CT molecular complexity index is 275. The summed E-state index contributed by atoms with van der Waals surface area (Å²) in [4.78, 5) is 0. The van der Waals surface area contributed by atoms with Gasteiger partial charge in [0.1, 0.15) is 0 Å². The van der Waals surface area contributed by atoms with Crippen LogP contribution in [-0.4, -0.2) is 10.7 Å². The van der Waals surface area contributed by atoms with E-state index in [1.807, 2.05) is 13.8 Å². The largest absolute Gasteiger partial charge is 0.388 e. The summed E-state index contributed by atoms with van der Waals surface area (Å²) in [5.74, 6) is 0. The molecule has 0 amide bonds. The van der Waals surface area contributed by atoms with Crippen LogP contribution in [0.25, 0.3) is 0 Å². The van der Waals surface area contributed by atoms with E-state index in [2.05, 4.69) is 19.9 Å².